The summed E-state index contributed by atoms with van der Waals surface area (Å²) in [6.07, 6.45) is 0.902. The summed E-state index contributed by atoms with van der Waals surface area (Å²) < 4.78 is 5.82. The Kier molecular flexibility index (Phi) is 4.63. The molecule has 110 valence electrons. The highest BCUT2D eigenvalue weighted by atomic mass is 16.5. The van der Waals surface area contributed by atoms with Gasteiger partial charge in [0.2, 0.25) is 0 Å². The first-order valence-electron chi connectivity index (χ1n) is 7.17. The highest BCUT2D eigenvalue weighted by Gasteiger charge is 2.19. The van der Waals surface area contributed by atoms with E-state index in [1.807, 2.05) is 32.9 Å². The van der Waals surface area contributed by atoms with Gasteiger partial charge in [0.25, 0.3) is 0 Å². The first-order chi connectivity index (χ1) is 10.0. The maximum absolute atomic E-state index is 12.8. The minimum atomic E-state index is -0.0467. The van der Waals surface area contributed by atoms with E-state index in [1.54, 1.807) is 24.3 Å². The number of anilines is 1. The van der Waals surface area contributed by atoms with E-state index in [0.29, 0.717) is 29.2 Å². The van der Waals surface area contributed by atoms with Gasteiger partial charge in [-0.15, -0.1) is 0 Å². The summed E-state index contributed by atoms with van der Waals surface area (Å²) in [5.41, 5.74) is 9.47. The lowest BCUT2D eigenvalue weighted by Gasteiger charge is -2.15. The summed E-state index contributed by atoms with van der Waals surface area (Å²) in [4.78, 5) is 12.8. The summed E-state index contributed by atoms with van der Waals surface area (Å²) in [5, 5.41) is 0. The average molecular weight is 283 g/mol. The van der Waals surface area contributed by atoms with Crippen LogP contribution in [0.25, 0.3) is 0 Å². The second kappa shape index (κ2) is 6.44. The topological polar surface area (TPSA) is 52.3 Å². The van der Waals surface area contributed by atoms with Gasteiger partial charge in [0.1, 0.15) is 5.75 Å². The minimum absolute atomic E-state index is 0.0467. The number of nitrogen functional groups attached to an aromatic ring is 1. The van der Waals surface area contributed by atoms with Gasteiger partial charge < -0.3 is 10.5 Å². The third-order valence-electron chi connectivity index (χ3n) is 3.39. The number of rotatable bonds is 5. The Morgan fingerprint density at radius 3 is 2.52 bits per heavy atom. The molecule has 0 heterocycles. The molecular formula is C18H21NO2. The van der Waals surface area contributed by atoms with Crippen molar-refractivity contribution < 1.29 is 9.53 Å². The molecule has 21 heavy (non-hydrogen) atoms. The van der Waals surface area contributed by atoms with Crippen molar-refractivity contribution in [3.05, 3.63) is 58.7 Å². The zero-order valence-electron chi connectivity index (χ0n) is 12.8. The van der Waals surface area contributed by atoms with Crippen molar-refractivity contribution in [2.45, 2.75) is 27.2 Å². The normalized spacial score (nSPS) is 10.4. The Morgan fingerprint density at radius 1 is 1.14 bits per heavy atom. The van der Waals surface area contributed by atoms with Crippen LogP contribution in [0.15, 0.2) is 36.4 Å². The standard InChI is InChI=1S/C18H21NO2/c1-4-10-21-18-13(3)9-8-12(2)16(18)17(20)14-6-5-7-15(19)11-14/h5-9,11H,4,10,19H2,1-3H3. The molecule has 0 bridgehead atoms. The van der Waals surface area contributed by atoms with Crippen LogP contribution in [-0.4, -0.2) is 12.4 Å². The van der Waals surface area contributed by atoms with Crippen molar-refractivity contribution in [1.82, 2.24) is 0 Å². The van der Waals surface area contributed by atoms with Crippen molar-refractivity contribution in [2.24, 2.45) is 0 Å². The number of nitrogens with two attached hydrogens (primary N) is 1. The van der Waals surface area contributed by atoms with Crippen molar-refractivity contribution >= 4 is 11.5 Å². The maximum atomic E-state index is 12.8. The maximum Gasteiger partial charge on any atom is 0.197 e. The molecule has 0 aliphatic carbocycles. The first-order valence-corrected chi connectivity index (χ1v) is 7.17. The van der Waals surface area contributed by atoms with Crippen LogP contribution in [-0.2, 0) is 0 Å². The van der Waals surface area contributed by atoms with E-state index in [-0.39, 0.29) is 5.78 Å². The van der Waals surface area contributed by atoms with Crippen molar-refractivity contribution in [1.29, 1.82) is 0 Å². The van der Waals surface area contributed by atoms with Crippen molar-refractivity contribution in [2.75, 3.05) is 12.3 Å². The number of hydrogen-bond acceptors (Lipinski definition) is 3. The molecule has 0 spiro atoms. The Hall–Kier alpha value is -2.29. The van der Waals surface area contributed by atoms with Crippen LogP contribution >= 0.6 is 0 Å². The molecule has 2 N–H and O–H groups in total. The van der Waals surface area contributed by atoms with Crippen LogP contribution in [0.5, 0.6) is 5.75 Å². The molecule has 0 aliphatic heterocycles. The highest BCUT2D eigenvalue weighted by Crippen LogP contribution is 2.29. The lowest BCUT2D eigenvalue weighted by molar-refractivity contribution is 0.103. The Labute approximate surface area is 125 Å². The van der Waals surface area contributed by atoms with Gasteiger partial charge in [-0.25, -0.2) is 0 Å². The van der Waals surface area contributed by atoms with Gasteiger partial charge in [-0.1, -0.05) is 31.2 Å². The van der Waals surface area contributed by atoms with Crippen LogP contribution in [0.1, 0.15) is 40.4 Å². The fourth-order valence-corrected chi connectivity index (χ4v) is 2.28. The number of ether oxygens (including phenoxy) is 1. The number of carbonyl (C=O) groups is 1. The molecular weight excluding hydrogens is 262 g/mol. The molecule has 0 unspecified atom stereocenters. The summed E-state index contributed by atoms with van der Waals surface area (Å²) in [5.74, 6) is 0.638. The highest BCUT2D eigenvalue weighted by molar-refractivity contribution is 6.12. The largest absolute Gasteiger partial charge is 0.493 e. The fourth-order valence-electron chi connectivity index (χ4n) is 2.28. The average Bonchev–Trinajstić information content (AvgIpc) is 2.47. The summed E-state index contributed by atoms with van der Waals surface area (Å²) in [6.45, 7) is 6.53. The van der Waals surface area contributed by atoms with Crippen LogP contribution in [0.2, 0.25) is 0 Å². The van der Waals surface area contributed by atoms with E-state index in [9.17, 15) is 4.79 Å². The smallest absolute Gasteiger partial charge is 0.197 e. The van der Waals surface area contributed by atoms with Crippen LogP contribution in [0.4, 0.5) is 5.69 Å². The van der Waals surface area contributed by atoms with Gasteiger partial charge in [0.05, 0.1) is 12.2 Å². The zero-order valence-corrected chi connectivity index (χ0v) is 12.8. The van der Waals surface area contributed by atoms with Gasteiger partial charge in [-0.2, -0.15) is 0 Å². The van der Waals surface area contributed by atoms with Gasteiger partial charge in [0.15, 0.2) is 5.78 Å². The summed E-state index contributed by atoms with van der Waals surface area (Å²) in [6, 6.07) is 11.0. The second-order valence-electron chi connectivity index (χ2n) is 5.21. The molecule has 0 amide bonds. The Balaban J connectivity index is 2.51. The van der Waals surface area contributed by atoms with Crippen LogP contribution < -0.4 is 10.5 Å². The molecule has 3 nitrogen and oxygen atoms in total. The van der Waals surface area contributed by atoms with Crippen LogP contribution in [0.3, 0.4) is 0 Å². The van der Waals surface area contributed by atoms with Gasteiger partial charge in [-0.05, 0) is 43.5 Å². The van der Waals surface area contributed by atoms with Gasteiger partial charge in [0, 0.05) is 11.3 Å². The summed E-state index contributed by atoms with van der Waals surface area (Å²) in [7, 11) is 0. The number of benzene rings is 2. The van der Waals surface area contributed by atoms with Crippen LogP contribution in [0, 0.1) is 13.8 Å². The fraction of sp³-hybridized carbons (Fsp3) is 0.278. The molecule has 0 radical (unpaired) electrons. The third kappa shape index (κ3) is 3.24. The molecule has 3 heteroatoms. The molecule has 0 atom stereocenters. The quantitative estimate of drug-likeness (QED) is 0.668. The molecule has 0 aromatic heterocycles. The first kappa shape index (κ1) is 15.1. The third-order valence-corrected chi connectivity index (χ3v) is 3.39. The zero-order chi connectivity index (χ0) is 15.4. The van der Waals surface area contributed by atoms with Gasteiger partial charge >= 0.3 is 0 Å². The molecule has 0 saturated carbocycles. The van der Waals surface area contributed by atoms with E-state index in [4.69, 9.17) is 10.5 Å². The molecule has 0 saturated heterocycles. The number of hydrogen-bond donors (Lipinski definition) is 1. The molecule has 2 aromatic carbocycles. The lowest BCUT2D eigenvalue weighted by atomic mass is 9.95. The number of ketones is 1. The van der Waals surface area contributed by atoms with Gasteiger partial charge in [-0.3, -0.25) is 4.79 Å². The number of aryl methyl sites for hydroxylation is 2. The molecule has 2 aromatic rings. The van der Waals surface area contributed by atoms with E-state index < -0.39 is 0 Å². The molecule has 0 aliphatic rings. The van der Waals surface area contributed by atoms with E-state index in [1.165, 1.54) is 0 Å². The van der Waals surface area contributed by atoms with E-state index >= 15 is 0 Å². The molecule has 2 rings (SSSR count). The SMILES string of the molecule is CCCOc1c(C)ccc(C)c1C(=O)c1cccc(N)c1. The second-order valence-corrected chi connectivity index (χ2v) is 5.21. The van der Waals surface area contributed by atoms with E-state index in [2.05, 4.69) is 0 Å². The monoisotopic (exact) mass is 283 g/mol. The lowest BCUT2D eigenvalue weighted by Crippen LogP contribution is -2.10. The van der Waals surface area contributed by atoms with Crippen molar-refractivity contribution in [3.63, 3.8) is 0 Å². The summed E-state index contributed by atoms with van der Waals surface area (Å²) >= 11 is 0. The Bertz CT molecular complexity index is 662. The Morgan fingerprint density at radius 2 is 1.86 bits per heavy atom. The predicted molar refractivity (Wildman–Crippen MR) is 86.0 cm³/mol. The number of carbonyl (C=O) groups excluding carboxylic acids is 1. The predicted octanol–water partition coefficient (Wildman–Crippen LogP) is 3.91. The van der Waals surface area contributed by atoms with Crippen molar-refractivity contribution in [3.8, 4) is 5.75 Å². The minimum Gasteiger partial charge on any atom is -0.493 e. The van der Waals surface area contributed by atoms with E-state index in [0.717, 1.165) is 17.5 Å². The molecule has 0 fully saturated rings.